The molecule has 2 aromatic heterocycles. The van der Waals surface area contributed by atoms with Gasteiger partial charge in [-0.2, -0.15) is 15.1 Å². The summed E-state index contributed by atoms with van der Waals surface area (Å²) in [4.78, 5) is 12.5. The molecule has 0 spiro atoms. The molecule has 8 nitrogen and oxygen atoms in total. The standard InChI is InChI=1S/C18H26N6O2S/c1-3-15-4-5-17(27-15)23-20-13-14-12-16(24-7-10-25-11-8-24)22-18(21-14)26-9-6-19-2/h4-5,12-13,19,23H,3,6-11H2,1-2H3/b20-13+. The molecule has 2 N–H and O–H groups in total. The number of thiophene rings is 1. The minimum Gasteiger partial charge on any atom is -0.462 e. The van der Waals surface area contributed by atoms with Gasteiger partial charge in [0, 0.05) is 30.6 Å². The summed E-state index contributed by atoms with van der Waals surface area (Å²) in [7, 11) is 1.88. The van der Waals surface area contributed by atoms with Gasteiger partial charge in [0.2, 0.25) is 0 Å². The topological polar surface area (TPSA) is 83.9 Å². The second-order valence-electron chi connectivity index (χ2n) is 5.97. The first-order valence-electron chi connectivity index (χ1n) is 9.15. The molecule has 3 heterocycles. The first-order valence-corrected chi connectivity index (χ1v) is 9.97. The molecule has 0 unspecified atom stereocenters. The van der Waals surface area contributed by atoms with E-state index in [0.717, 1.165) is 36.9 Å². The number of nitrogens with one attached hydrogen (secondary N) is 2. The van der Waals surface area contributed by atoms with Crippen LogP contribution in [-0.4, -0.2) is 62.7 Å². The summed E-state index contributed by atoms with van der Waals surface area (Å²) in [6.45, 7) is 6.38. The molecule has 1 aliphatic rings. The van der Waals surface area contributed by atoms with Crippen molar-refractivity contribution in [3.05, 3.63) is 28.8 Å². The van der Waals surface area contributed by atoms with Crippen LogP contribution in [-0.2, 0) is 11.2 Å². The number of ether oxygens (including phenoxy) is 2. The molecule has 1 saturated heterocycles. The Bertz CT molecular complexity index is 745. The Kier molecular flexibility index (Phi) is 7.37. The molecule has 146 valence electrons. The molecule has 0 aliphatic carbocycles. The van der Waals surface area contributed by atoms with E-state index in [1.807, 2.05) is 19.2 Å². The highest BCUT2D eigenvalue weighted by molar-refractivity contribution is 7.16. The van der Waals surface area contributed by atoms with Crippen LogP contribution in [0.4, 0.5) is 10.8 Å². The molecular weight excluding hydrogens is 364 g/mol. The van der Waals surface area contributed by atoms with Gasteiger partial charge in [-0.1, -0.05) is 6.92 Å². The number of anilines is 2. The lowest BCUT2D eigenvalue weighted by Crippen LogP contribution is -2.37. The SMILES string of the molecule is CCc1ccc(N/N=C/c2cc(N3CCOCC3)nc(OCCNC)n2)s1. The maximum atomic E-state index is 5.68. The summed E-state index contributed by atoms with van der Waals surface area (Å²) < 4.78 is 11.1. The summed E-state index contributed by atoms with van der Waals surface area (Å²) in [5.41, 5.74) is 3.76. The van der Waals surface area contributed by atoms with Gasteiger partial charge in [0.1, 0.15) is 17.4 Å². The van der Waals surface area contributed by atoms with Crippen molar-refractivity contribution in [2.45, 2.75) is 13.3 Å². The zero-order chi connectivity index (χ0) is 18.9. The number of nitrogens with zero attached hydrogens (tertiary/aromatic N) is 4. The monoisotopic (exact) mass is 390 g/mol. The third kappa shape index (κ3) is 5.88. The summed E-state index contributed by atoms with van der Waals surface area (Å²) in [6.07, 6.45) is 2.72. The predicted octanol–water partition coefficient (Wildman–Crippen LogP) is 1.98. The van der Waals surface area contributed by atoms with E-state index < -0.39 is 0 Å². The third-order valence-electron chi connectivity index (χ3n) is 4.01. The second-order valence-corrected chi connectivity index (χ2v) is 7.14. The van der Waals surface area contributed by atoms with Crippen molar-refractivity contribution < 1.29 is 9.47 Å². The molecular formula is C18H26N6O2S. The molecule has 0 atom stereocenters. The molecule has 3 rings (SSSR count). The van der Waals surface area contributed by atoms with Gasteiger partial charge in [-0.25, -0.2) is 0 Å². The summed E-state index contributed by atoms with van der Waals surface area (Å²) in [6, 6.07) is 6.43. The average Bonchev–Trinajstić information content (AvgIpc) is 3.17. The Labute approximate surface area is 163 Å². The predicted molar refractivity (Wildman–Crippen MR) is 109 cm³/mol. The highest BCUT2D eigenvalue weighted by Gasteiger charge is 2.15. The number of rotatable bonds is 9. The minimum absolute atomic E-state index is 0.361. The Morgan fingerprint density at radius 3 is 2.93 bits per heavy atom. The Morgan fingerprint density at radius 1 is 1.33 bits per heavy atom. The molecule has 27 heavy (non-hydrogen) atoms. The quantitative estimate of drug-likeness (QED) is 0.385. The van der Waals surface area contributed by atoms with Crippen LogP contribution in [0.25, 0.3) is 0 Å². The zero-order valence-electron chi connectivity index (χ0n) is 15.8. The van der Waals surface area contributed by atoms with Crippen LogP contribution in [0.1, 0.15) is 17.5 Å². The minimum atomic E-state index is 0.361. The zero-order valence-corrected chi connectivity index (χ0v) is 16.6. The lowest BCUT2D eigenvalue weighted by Gasteiger charge is -2.28. The molecule has 2 aromatic rings. The number of morpholine rings is 1. The van der Waals surface area contributed by atoms with Crippen molar-refractivity contribution >= 4 is 28.4 Å². The van der Waals surface area contributed by atoms with E-state index in [2.05, 4.69) is 43.7 Å². The van der Waals surface area contributed by atoms with Crippen molar-refractivity contribution in [2.24, 2.45) is 5.10 Å². The van der Waals surface area contributed by atoms with Crippen molar-refractivity contribution in [1.82, 2.24) is 15.3 Å². The molecule has 0 bridgehead atoms. The first kappa shape index (κ1) is 19.5. The highest BCUT2D eigenvalue weighted by Crippen LogP contribution is 2.22. The fraction of sp³-hybridized carbons (Fsp3) is 0.500. The summed E-state index contributed by atoms with van der Waals surface area (Å²) >= 11 is 1.70. The van der Waals surface area contributed by atoms with Gasteiger partial charge in [-0.15, -0.1) is 11.3 Å². The van der Waals surface area contributed by atoms with E-state index in [1.54, 1.807) is 17.6 Å². The second kappa shape index (κ2) is 10.2. The van der Waals surface area contributed by atoms with Gasteiger partial charge < -0.3 is 19.7 Å². The van der Waals surface area contributed by atoms with Crippen LogP contribution < -0.4 is 20.4 Å². The molecule has 0 saturated carbocycles. The smallest absolute Gasteiger partial charge is 0.319 e. The van der Waals surface area contributed by atoms with Crippen LogP contribution in [0.5, 0.6) is 6.01 Å². The van der Waals surface area contributed by atoms with Crippen molar-refractivity contribution in [3.63, 3.8) is 0 Å². The van der Waals surface area contributed by atoms with Crippen LogP contribution in [0.15, 0.2) is 23.3 Å². The van der Waals surface area contributed by atoms with Gasteiger partial charge in [0.25, 0.3) is 0 Å². The molecule has 0 aromatic carbocycles. The van der Waals surface area contributed by atoms with Gasteiger partial charge in [-0.3, -0.25) is 5.43 Å². The number of hydrazone groups is 1. The van der Waals surface area contributed by atoms with Crippen molar-refractivity contribution in [1.29, 1.82) is 0 Å². The third-order valence-corrected chi connectivity index (χ3v) is 5.15. The number of aromatic nitrogens is 2. The summed E-state index contributed by atoms with van der Waals surface area (Å²) in [5, 5.41) is 8.37. The Hall–Kier alpha value is -2.23. The van der Waals surface area contributed by atoms with Crippen LogP contribution in [0.3, 0.4) is 0 Å². The van der Waals surface area contributed by atoms with Crippen molar-refractivity contribution in [3.8, 4) is 6.01 Å². The number of hydrogen-bond acceptors (Lipinski definition) is 9. The maximum Gasteiger partial charge on any atom is 0.319 e. The van der Waals surface area contributed by atoms with Gasteiger partial charge in [0.05, 0.1) is 25.1 Å². The lowest BCUT2D eigenvalue weighted by atomic mass is 10.3. The van der Waals surface area contributed by atoms with E-state index >= 15 is 0 Å². The molecule has 0 amide bonds. The average molecular weight is 391 g/mol. The fourth-order valence-corrected chi connectivity index (χ4v) is 3.35. The molecule has 9 heteroatoms. The van der Waals surface area contributed by atoms with E-state index in [-0.39, 0.29) is 0 Å². The van der Waals surface area contributed by atoms with E-state index in [1.165, 1.54) is 4.88 Å². The van der Waals surface area contributed by atoms with Crippen LogP contribution in [0.2, 0.25) is 0 Å². The van der Waals surface area contributed by atoms with Crippen LogP contribution in [0, 0.1) is 0 Å². The van der Waals surface area contributed by atoms with Gasteiger partial charge >= 0.3 is 6.01 Å². The Morgan fingerprint density at radius 2 is 2.19 bits per heavy atom. The number of likely N-dealkylation sites (N-methyl/N-ethyl adjacent to an activating group) is 1. The van der Waals surface area contributed by atoms with Gasteiger partial charge in [0.15, 0.2) is 0 Å². The Balaban J connectivity index is 1.72. The molecule has 1 fully saturated rings. The number of hydrogen-bond donors (Lipinski definition) is 2. The summed E-state index contributed by atoms with van der Waals surface area (Å²) in [5.74, 6) is 0.832. The van der Waals surface area contributed by atoms with E-state index in [9.17, 15) is 0 Å². The fourth-order valence-electron chi connectivity index (χ4n) is 2.55. The molecule has 1 aliphatic heterocycles. The molecule has 0 radical (unpaired) electrons. The number of aryl methyl sites for hydroxylation is 1. The first-order chi connectivity index (χ1) is 13.3. The van der Waals surface area contributed by atoms with E-state index in [4.69, 9.17) is 9.47 Å². The highest BCUT2D eigenvalue weighted by atomic mass is 32.1. The van der Waals surface area contributed by atoms with Gasteiger partial charge in [-0.05, 0) is 25.6 Å². The van der Waals surface area contributed by atoms with Crippen LogP contribution >= 0.6 is 11.3 Å². The van der Waals surface area contributed by atoms with Crippen molar-refractivity contribution in [2.75, 3.05) is 56.8 Å². The normalized spacial score (nSPS) is 14.7. The lowest BCUT2D eigenvalue weighted by molar-refractivity contribution is 0.122. The maximum absolute atomic E-state index is 5.68. The largest absolute Gasteiger partial charge is 0.462 e. The van der Waals surface area contributed by atoms with E-state index in [0.29, 0.717) is 31.5 Å².